The minimum Gasteiger partial charge on any atom is -0.480 e. The van der Waals surface area contributed by atoms with Crippen molar-refractivity contribution in [3.8, 4) is 5.88 Å². The first kappa shape index (κ1) is 16.8. The number of amidine groups is 1. The van der Waals surface area contributed by atoms with Gasteiger partial charge in [-0.05, 0) is 42.7 Å². The third-order valence-corrected chi connectivity index (χ3v) is 3.92. The molecular formula is C18H20N4O3. The van der Waals surface area contributed by atoms with Crippen molar-refractivity contribution in [2.45, 2.75) is 18.9 Å². The summed E-state index contributed by atoms with van der Waals surface area (Å²) >= 11 is 0. The van der Waals surface area contributed by atoms with Gasteiger partial charge in [0.25, 0.3) is 11.9 Å². The van der Waals surface area contributed by atoms with Crippen molar-refractivity contribution in [3.05, 3.63) is 53.7 Å². The van der Waals surface area contributed by atoms with E-state index in [-0.39, 0.29) is 18.0 Å². The first-order chi connectivity index (χ1) is 12.2. The van der Waals surface area contributed by atoms with E-state index >= 15 is 0 Å². The van der Waals surface area contributed by atoms with Crippen LogP contribution in [-0.4, -0.2) is 36.7 Å². The van der Waals surface area contributed by atoms with Crippen LogP contribution in [0.1, 0.15) is 22.3 Å². The quantitative estimate of drug-likeness (QED) is 0.838. The number of nitrogens with two attached hydrogens (primary N) is 1. The van der Waals surface area contributed by atoms with Crippen molar-refractivity contribution in [1.29, 1.82) is 0 Å². The van der Waals surface area contributed by atoms with Gasteiger partial charge in [-0.3, -0.25) is 4.79 Å². The van der Waals surface area contributed by atoms with Crippen LogP contribution in [0.3, 0.4) is 0 Å². The van der Waals surface area contributed by atoms with Crippen molar-refractivity contribution in [1.82, 2.24) is 4.98 Å². The number of anilines is 1. The SMILES string of the molecule is COc1ncccc1C(=O)Nc1ccc(CCC2COC(N)=N2)cc1. The number of nitrogens with one attached hydrogen (secondary N) is 1. The van der Waals surface area contributed by atoms with Crippen LogP contribution >= 0.6 is 0 Å². The number of carbonyl (C=O) groups excluding carboxylic acids is 1. The number of aliphatic imine (C=N–C) groups is 1. The van der Waals surface area contributed by atoms with Crippen molar-refractivity contribution < 1.29 is 14.3 Å². The van der Waals surface area contributed by atoms with Crippen molar-refractivity contribution in [3.63, 3.8) is 0 Å². The molecule has 7 nitrogen and oxygen atoms in total. The summed E-state index contributed by atoms with van der Waals surface area (Å²) in [6.45, 7) is 0.549. The van der Waals surface area contributed by atoms with E-state index in [1.165, 1.54) is 7.11 Å². The fourth-order valence-corrected chi connectivity index (χ4v) is 2.60. The predicted octanol–water partition coefficient (Wildman–Crippen LogP) is 1.99. The summed E-state index contributed by atoms with van der Waals surface area (Å²) in [5.74, 6) is 0.0425. The van der Waals surface area contributed by atoms with E-state index in [0.29, 0.717) is 23.7 Å². The molecule has 1 aromatic heterocycles. The van der Waals surface area contributed by atoms with Crippen LogP contribution in [0.15, 0.2) is 47.6 Å². The number of hydrogen-bond acceptors (Lipinski definition) is 6. The van der Waals surface area contributed by atoms with Crippen LogP contribution in [0, 0.1) is 0 Å². The fraction of sp³-hybridized carbons (Fsp3) is 0.278. The molecule has 1 atom stereocenters. The van der Waals surface area contributed by atoms with Gasteiger partial charge in [-0.2, -0.15) is 0 Å². The smallest absolute Gasteiger partial charge is 0.282 e. The largest absolute Gasteiger partial charge is 0.480 e. The first-order valence-corrected chi connectivity index (χ1v) is 8.01. The Bertz CT molecular complexity index is 774. The third kappa shape index (κ3) is 4.26. The van der Waals surface area contributed by atoms with Gasteiger partial charge in [0, 0.05) is 11.9 Å². The van der Waals surface area contributed by atoms with Crippen LogP contribution in [-0.2, 0) is 11.2 Å². The minimum absolute atomic E-state index is 0.123. The summed E-state index contributed by atoms with van der Waals surface area (Å²) < 4.78 is 10.3. The summed E-state index contributed by atoms with van der Waals surface area (Å²) in [5.41, 5.74) is 7.78. The molecule has 0 fully saturated rings. The number of aryl methyl sites for hydroxylation is 1. The van der Waals surface area contributed by atoms with Gasteiger partial charge in [0.05, 0.1) is 13.2 Å². The fourth-order valence-electron chi connectivity index (χ4n) is 2.60. The van der Waals surface area contributed by atoms with Crippen LogP contribution < -0.4 is 15.8 Å². The summed E-state index contributed by atoms with van der Waals surface area (Å²) in [6, 6.07) is 11.5. The molecule has 3 N–H and O–H groups in total. The topological polar surface area (TPSA) is 98.8 Å². The van der Waals surface area contributed by atoms with Gasteiger partial charge >= 0.3 is 0 Å². The van der Waals surface area contributed by atoms with Crippen molar-refractivity contribution in [2.24, 2.45) is 10.7 Å². The molecule has 1 amide bonds. The number of hydrogen-bond donors (Lipinski definition) is 2. The molecule has 0 bridgehead atoms. The highest BCUT2D eigenvalue weighted by atomic mass is 16.5. The van der Waals surface area contributed by atoms with E-state index in [9.17, 15) is 4.79 Å². The number of nitrogens with zero attached hydrogens (tertiary/aromatic N) is 2. The van der Waals surface area contributed by atoms with Crippen LogP contribution in [0.5, 0.6) is 5.88 Å². The molecule has 0 aliphatic carbocycles. The van der Waals surface area contributed by atoms with E-state index in [1.54, 1.807) is 18.3 Å². The van der Waals surface area contributed by atoms with Gasteiger partial charge in [0.1, 0.15) is 12.2 Å². The Balaban J connectivity index is 1.58. The molecule has 1 aliphatic rings. The number of methoxy groups -OCH3 is 1. The molecule has 130 valence electrons. The molecule has 25 heavy (non-hydrogen) atoms. The van der Waals surface area contributed by atoms with Gasteiger partial charge in [0.15, 0.2) is 0 Å². The number of aromatic nitrogens is 1. The molecule has 0 saturated carbocycles. The van der Waals surface area contributed by atoms with E-state index < -0.39 is 0 Å². The zero-order chi connectivity index (χ0) is 17.6. The van der Waals surface area contributed by atoms with Crippen LogP contribution in [0.25, 0.3) is 0 Å². The van der Waals surface area contributed by atoms with Crippen molar-refractivity contribution >= 4 is 17.6 Å². The lowest BCUT2D eigenvalue weighted by molar-refractivity contribution is 0.102. The Morgan fingerprint density at radius 1 is 1.36 bits per heavy atom. The summed E-state index contributed by atoms with van der Waals surface area (Å²) in [4.78, 5) is 20.6. The second kappa shape index (κ2) is 7.65. The number of rotatable bonds is 6. The molecule has 2 aromatic rings. The average molecular weight is 340 g/mol. The normalized spacial score (nSPS) is 16.0. The maximum absolute atomic E-state index is 12.3. The summed E-state index contributed by atoms with van der Waals surface area (Å²) in [7, 11) is 1.49. The van der Waals surface area contributed by atoms with Gasteiger partial charge < -0.3 is 20.5 Å². The second-order valence-electron chi connectivity index (χ2n) is 5.68. The summed E-state index contributed by atoms with van der Waals surface area (Å²) in [6.07, 6.45) is 3.33. The molecule has 1 aromatic carbocycles. The highest BCUT2D eigenvalue weighted by Gasteiger charge is 2.16. The number of benzene rings is 1. The zero-order valence-corrected chi connectivity index (χ0v) is 13.9. The Labute approximate surface area is 145 Å². The monoisotopic (exact) mass is 340 g/mol. The van der Waals surface area contributed by atoms with E-state index in [4.69, 9.17) is 15.2 Å². The maximum atomic E-state index is 12.3. The highest BCUT2D eigenvalue weighted by Crippen LogP contribution is 2.18. The van der Waals surface area contributed by atoms with Crippen molar-refractivity contribution in [2.75, 3.05) is 19.0 Å². The minimum atomic E-state index is -0.259. The predicted molar refractivity (Wildman–Crippen MR) is 94.9 cm³/mol. The van der Waals surface area contributed by atoms with Gasteiger partial charge in [-0.25, -0.2) is 9.98 Å². The third-order valence-electron chi connectivity index (χ3n) is 3.92. The Morgan fingerprint density at radius 2 is 2.16 bits per heavy atom. The number of ether oxygens (including phenoxy) is 2. The molecule has 2 heterocycles. The van der Waals surface area contributed by atoms with Crippen LogP contribution in [0.4, 0.5) is 5.69 Å². The molecule has 3 rings (SSSR count). The molecule has 0 saturated heterocycles. The van der Waals surface area contributed by atoms with Gasteiger partial charge in [-0.15, -0.1) is 0 Å². The number of carbonyl (C=O) groups is 1. The molecule has 0 spiro atoms. The van der Waals surface area contributed by atoms with Gasteiger partial charge in [-0.1, -0.05) is 12.1 Å². The first-order valence-electron chi connectivity index (χ1n) is 8.01. The molecular weight excluding hydrogens is 320 g/mol. The molecule has 1 aliphatic heterocycles. The highest BCUT2D eigenvalue weighted by molar-refractivity contribution is 6.05. The Hall–Kier alpha value is -3.09. The lowest BCUT2D eigenvalue weighted by Crippen LogP contribution is -2.13. The number of pyridine rings is 1. The Morgan fingerprint density at radius 3 is 2.84 bits per heavy atom. The lowest BCUT2D eigenvalue weighted by atomic mass is 10.1. The molecule has 0 radical (unpaired) electrons. The average Bonchev–Trinajstić information content (AvgIpc) is 3.06. The Kier molecular flexibility index (Phi) is 5.13. The maximum Gasteiger partial charge on any atom is 0.282 e. The van der Waals surface area contributed by atoms with Gasteiger partial charge in [0.2, 0.25) is 5.88 Å². The zero-order valence-electron chi connectivity index (χ0n) is 13.9. The second-order valence-corrected chi connectivity index (χ2v) is 5.68. The van der Waals surface area contributed by atoms with E-state index in [2.05, 4.69) is 15.3 Å². The van der Waals surface area contributed by atoms with Crippen LogP contribution in [0.2, 0.25) is 0 Å². The molecule has 1 unspecified atom stereocenters. The number of amides is 1. The standard InChI is InChI=1S/C18H20N4O3/c1-24-17-15(3-2-10-20-17)16(23)21-13-7-4-12(5-8-13)6-9-14-11-25-18(19)22-14/h2-5,7-8,10,14H,6,9,11H2,1H3,(H2,19,22)(H,21,23). The molecule has 7 heteroatoms. The van der Waals surface area contributed by atoms with E-state index in [1.807, 2.05) is 24.3 Å². The lowest BCUT2D eigenvalue weighted by Gasteiger charge is -2.09. The summed E-state index contributed by atoms with van der Waals surface area (Å²) in [5, 5.41) is 2.85. The van der Waals surface area contributed by atoms with E-state index in [0.717, 1.165) is 18.4 Å².